The molecule has 13 heavy (non-hydrogen) atoms. The Hall–Kier alpha value is -0.860. The van der Waals surface area contributed by atoms with E-state index in [1.54, 1.807) is 0 Å². The van der Waals surface area contributed by atoms with Gasteiger partial charge in [-0.2, -0.15) is 0 Å². The largest absolute Gasteiger partial charge is 0.389 e. The average molecular weight is 177 g/mol. The van der Waals surface area contributed by atoms with Crippen LogP contribution in [0, 0.1) is 0 Å². The topological polar surface area (TPSA) is 32.3 Å². The molecule has 0 aliphatic carbocycles. The lowest BCUT2D eigenvalue weighted by Crippen LogP contribution is -2.25. The van der Waals surface area contributed by atoms with Crippen LogP contribution in [0.3, 0.4) is 0 Å². The van der Waals surface area contributed by atoms with Gasteiger partial charge in [0.2, 0.25) is 0 Å². The van der Waals surface area contributed by atoms with Crippen molar-refractivity contribution in [3.05, 3.63) is 34.9 Å². The zero-order valence-corrected chi connectivity index (χ0v) is 7.88. The minimum absolute atomic E-state index is 0.352. The molecule has 0 aromatic heterocycles. The van der Waals surface area contributed by atoms with Gasteiger partial charge < -0.3 is 10.4 Å². The first kappa shape index (κ1) is 8.73. The predicted octanol–water partition coefficient (Wildman–Crippen LogP) is 1.39. The molecule has 1 atom stereocenters. The summed E-state index contributed by atoms with van der Waals surface area (Å²) in [4.78, 5) is 0. The molecule has 1 aliphatic heterocycles. The fourth-order valence-electron chi connectivity index (χ4n) is 1.93. The molecule has 1 aromatic carbocycles. The summed E-state index contributed by atoms with van der Waals surface area (Å²) in [6.07, 6.45) is 0.727. The lowest BCUT2D eigenvalue weighted by atomic mass is 9.94. The third-order valence-electron chi connectivity index (χ3n) is 2.63. The maximum Gasteiger partial charge on any atom is 0.0765 e. The van der Waals surface area contributed by atoms with Gasteiger partial charge in [0.1, 0.15) is 0 Å². The number of hydrogen-bond acceptors (Lipinski definition) is 2. The molecule has 70 valence electrons. The maximum absolute atomic E-state index is 9.55. The van der Waals surface area contributed by atoms with Crippen molar-refractivity contribution in [3.63, 3.8) is 0 Å². The van der Waals surface area contributed by atoms with Crippen LogP contribution in [-0.2, 0) is 13.0 Å². The Morgan fingerprint density at radius 2 is 2.31 bits per heavy atom. The van der Waals surface area contributed by atoms with Crippen molar-refractivity contribution in [3.8, 4) is 0 Å². The van der Waals surface area contributed by atoms with Gasteiger partial charge in [-0.05, 0) is 36.6 Å². The Kier molecular flexibility index (Phi) is 2.34. The fourth-order valence-corrected chi connectivity index (χ4v) is 1.93. The first-order valence-corrected chi connectivity index (χ1v) is 4.78. The number of aliphatic hydroxyl groups is 1. The molecule has 1 heterocycles. The van der Waals surface area contributed by atoms with Crippen LogP contribution in [0.4, 0.5) is 0 Å². The molecule has 2 rings (SSSR count). The number of nitrogens with one attached hydrogen (secondary N) is 1. The average Bonchev–Trinajstić information content (AvgIpc) is 2.17. The molecule has 1 aromatic rings. The highest BCUT2D eigenvalue weighted by atomic mass is 16.3. The molecule has 2 N–H and O–H groups in total. The van der Waals surface area contributed by atoms with E-state index in [4.69, 9.17) is 0 Å². The minimum atomic E-state index is -0.352. The number of rotatable bonds is 1. The van der Waals surface area contributed by atoms with Crippen molar-refractivity contribution in [2.75, 3.05) is 6.54 Å². The van der Waals surface area contributed by atoms with Gasteiger partial charge in [0, 0.05) is 6.54 Å². The Morgan fingerprint density at radius 1 is 1.46 bits per heavy atom. The van der Waals surface area contributed by atoms with Crippen molar-refractivity contribution < 1.29 is 5.11 Å². The van der Waals surface area contributed by atoms with Crippen molar-refractivity contribution >= 4 is 0 Å². The molecule has 1 aliphatic rings. The molecule has 0 bridgehead atoms. The minimum Gasteiger partial charge on any atom is -0.389 e. The van der Waals surface area contributed by atoms with Crippen LogP contribution in [0.2, 0.25) is 0 Å². The van der Waals surface area contributed by atoms with Crippen molar-refractivity contribution in [1.29, 1.82) is 0 Å². The first-order valence-electron chi connectivity index (χ1n) is 4.78. The fraction of sp³-hybridized carbons (Fsp3) is 0.455. The van der Waals surface area contributed by atoms with Gasteiger partial charge in [-0.1, -0.05) is 18.2 Å². The van der Waals surface area contributed by atoms with Gasteiger partial charge in [-0.15, -0.1) is 0 Å². The van der Waals surface area contributed by atoms with E-state index in [0.717, 1.165) is 25.1 Å². The van der Waals surface area contributed by atoms with Crippen LogP contribution in [0.25, 0.3) is 0 Å². The van der Waals surface area contributed by atoms with Gasteiger partial charge in [0.05, 0.1) is 6.10 Å². The molecule has 0 radical (unpaired) electrons. The van der Waals surface area contributed by atoms with Crippen LogP contribution in [0.15, 0.2) is 18.2 Å². The monoisotopic (exact) mass is 177 g/mol. The summed E-state index contributed by atoms with van der Waals surface area (Å²) in [7, 11) is 0. The van der Waals surface area contributed by atoms with Crippen LogP contribution in [-0.4, -0.2) is 11.7 Å². The van der Waals surface area contributed by atoms with E-state index >= 15 is 0 Å². The molecule has 0 amide bonds. The highest BCUT2D eigenvalue weighted by molar-refractivity contribution is 5.37. The Morgan fingerprint density at radius 3 is 3.08 bits per heavy atom. The normalized spacial score (nSPS) is 18.0. The maximum atomic E-state index is 9.55. The SMILES string of the molecule is CC(O)c1cccc2c1CNCC2. The molecular formula is C11H15NO. The molecular weight excluding hydrogens is 162 g/mol. The molecule has 0 spiro atoms. The van der Waals surface area contributed by atoms with E-state index in [1.165, 1.54) is 11.1 Å². The molecule has 0 saturated heterocycles. The summed E-state index contributed by atoms with van der Waals surface area (Å²) in [6.45, 7) is 3.77. The third kappa shape index (κ3) is 1.60. The number of fused-ring (bicyclic) bond motifs is 1. The predicted molar refractivity (Wildman–Crippen MR) is 52.5 cm³/mol. The summed E-state index contributed by atoms with van der Waals surface area (Å²) in [5, 5.41) is 12.9. The number of hydrogen-bond donors (Lipinski definition) is 2. The summed E-state index contributed by atoms with van der Waals surface area (Å²) in [6, 6.07) is 6.20. The molecule has 2 heteroatoms. The Bertz CT molecular complexity index is 307. The molecule has 1 unspecified atom stereocenters. The van der Waals surface area contributed by atoms with Crippen LogP contribution in [0.1, 0.15) is 29.7 Å². The van der Waals surface area contributed by atoms with E-state index < -0.39 is 0 Å². The lowest BCUT2D eigenvalue weighted by Gasteiger charge is -2.21. The second-order valence-electron chi connectivity index (χ2n) is 3.59. The van der Waals surface area contributed by atoms with Gasteiger partial charge in [0.25, 0.3) is 0 Å². The van der Waals surface area contributed by atoms with E-state index in [0.29, 0.717) is 0 Å². The van der Waals surface area contributed by atoms with Crippen molar-refractivity contribution in [2.24, 2.45) is 0 Å². The third-order valence-corrected chi connectivity index (χ3v) is 2.63. The number of benzene rings is 1. The van der Waals surface area contributed by atoms with Crippen LogP contribution >= 0.6 is 0 Å². The Labute approximate surface area is 78.6 Å². The first-order chi connectivity index (χ1) is 6.29. The Balaban J connectivity index is 2.46. The van der Waals surface area contributed by atoms with Crippen LogP contribution < -0.4 is 5.32 Å². The smallest absolute Gasteiger partial charge is 0.0765 e. The quantitative estimate of drug-likeness (QED) is 0.679. The summed E-state index contributed by atoms with van der Waals surface area (Å²) >= 11 is 0. The van der Waals surface area contributed by atoms with E-state index in [9.17, 15) is 5.11 Å². The standard InChI is InChI=1S/C11H15NO/c1-8(13)10-4-2-3-9-5-6-12-7-11(9)10/h2-4,8,12-13H,5-7H2,1H3. The molecule has 0 fully saturated rings. The summed E-state index contributed by atoms with van der Waals surface area (Å²) < 4.78 is 0. The van der Waals surface area contributed by atoms with E-state index in [-0.39, 0.29) is 6.10 Å². The molecule has 2 nitrogen and oxygen atoms in total. The number of aliphatic hydroxyl groups excluding tert-OH is 1. The van der Waals surface area contributed by atoms with Gasteiger partial charge in [0.15, 0.2) is 0 Å². The highest BCUT2D eigenvalue weighted by Gasteiger charge is 2.14. The van der Waals surface area contributed by atoms with Gasteiger partial charge >= 0.3 is 0 Å². The lowest BCUT2D eigenvalue weighted by molar-refractivity contribution is 0.197. The van der Waals surface area contributed by atoms with Crippen molar-refractivity contribution in [1.82, 2.24) is 5.32 Å². The van der Waals surface area contributed by atoms with E-state index in [2.05, 4.69) is 11.4 Å². The van der Waals surface area contributed by atoms with Crippen molar-refractivity contribution in [2.45, 2.75) is 26.0 Å². The molecule has 0 saturated carbocycles. The van der Waals surface area contributed by atoms with Crippen LogP contribution in [0.5, 0.6) is 0 Å². The second-order valence-corrected chi connectivity index (χ2v) is 3.59. The van der Waals surface area contributed by atoms with E-state index in [1.807, 2.05) is 19.1 Å². The zero-order valence-electron chi connectivity index (χ0n) is 7.88. The summed E-state index contributed by atoms with van der Waals surface area (Å²) in [5.41, 5.74) is 3.76. The van der Waals surface area contributed by atoms with Gasteiger partial charge in [-0.25, -0.2) is 0 Å². The van der Waals surface area contributed by atoms with Gasteiger partial charge in [-0.3, -0.25) is 0 Å². The second kappa shape index (κ2) is 3.48. The zero-order chi connectivity index (χ0) is 9.26. The summed E-state index contributed by atoms with van der Waals surface area (Å²) in [5.74, 6) is 0. The highest BCUT2D eigenvalue weighted by Crippen LogP contribution is 2.23.